The van der Waals surface area contributed by atoms with Gasteiger partial charge in [-0.3, -0.25) is 0 Å². The topological polar surface area (TPSA) is 26.0 Å². The van der Waals surface area contributed by atoms with E-state index in [-0.39, 0.29) is 5.56 Å². The van der Waals surface area contributed by atoms with Crippen LogP contribution in [0.15, 0.2) is 36.4 Å². The molecule has 18 heavy (non-hydrogen) atoms. The fraction of sp³-hybridized carbons (Fsp3) is 0.0769. The lowest BCUT2D eigenvalue weighted by Gasteiger charge is -2.15. The fourth-order valence-electron chi connectivity index (χ4n) is 1.67. The molecular weight excluding hydrogens is 371 g/mol. The monoisotopic (exact) mass is 379 g/mol. The van der Waals surface area contributed by atoms with Gasteiger partial charge in [-0.25, -0.2) is 8.78 Å². The number of benzene rings is 2. The molecule has 2 rings (SSSR count). The molecule has 0 saturated heterocycles. The summed E-state index contributed by atoms with van der Waals surface area (Å²) in [5, 5.41) is 0.531. The van der Waals surface area contributed by atoms with E-state index in [1.807, 2.05) is 0 Å². The average molecular weight is 380 g/mol. The third-order valence-corrected chi connectivity index (χ3v) is 3.81. The molecule has 2 aromatic carbocycles. The van der Waals surface area contributed by atoms with Crippen molar-refractivity contribution in [2.75, 3.05) is 0 Å². The molecule has 5 heteroatoms. The zero-order valence-corrected chi connectivity index (χ0v) is 12.0. The first-order valence-corrected chi connectivity index (χ1v) is 6.60. The molecule has 1 atom stereocenters. The van der Waals surface area contributed by atoms with Gasteiger partial charge in [-0.1, -0.05) is 17.7 Å². The first-order valence-electron chi connectivity index (χ1n) is 5.14. The Morgan fingerprint density at radius 3 is 2.44 bits per heavy atom. The largest absolute Gasteiger partial charge is 0.320 e. The Morgan fingerprint density at radius 2 is 1.78 bits per heavy atom. The molecule has 1 nitrogen and oxygen atoms in total. The van der Waals surface area contributed by atoms with Gasteiger partial charge >= 0.3 is 0 Å². The normalized spacial score (nSPS) is 12.5. The minimum atomic E-state index is -0.670. The second-order valence-corrected chi connectivity index (χ2v) is 5.41. The van der Waals surface area contributed by atoms with Crippen molar-refractivity contribution in [1.82, 2.24) is 0 Å². The van der Waals surface area contributed by atoms with E-state index in [9.17, 15) is 8.78 Å². The molecule has 0 aliphatic rings. The minimum absolute atomic E-state index is 0.247. The van der Waals surface area contributed by atoms with Crippen molar-refractivity contribution in [2.24, 2.45) is 5.73 Å². The molecule has 0 radical (unpaired) electrons. The van der Waals surface area contributed by atoms with Gasteiger partial charge in [0.25, 0.3) is 0 Å². The van der Waals surface area contributed by atoms with Crippen LogP contribution in [-0.4, -0.2) is 0 Å². The molecule has 0 spiro atoms. The number of nitrogens with two attached hydrogens (primary N) is 1. The second-order valence-electron chi connectivity index (χ2n) is 3.81. The summed E-state index contributed by atoms with van der Waals surface area (Å²) in [7, 11) is 0. The van der Waals surface area contributed by atoms with E-state index in [4.69, 9.17) is 17.3 Å². The molecule has 0 aromatic heterocycles. The molecule has 2 N–H and O–H groups in total. The van der Waals surface area contributed by atoms with Crippen molar-refractivity contribution >= 4 is 34.2 Å². The first kappa shape index (κ1) is 13.7. The number of rotatable bonds is 2. The van der Waals surface area contributed by atoms with Gasteiger partial charge in [-0.15, -0.1) is 0 Å². The summed E-state index contributed by atoms with van der Waals surface area (Å²) < 4.78 is 27.4. The SMILES string of the molecule is NC(c1ccc(F)cc1F)c1cc(Cl)ccc1I. The molecule has 0 aliphatic carbocycles. The third-order valence-electron chi connectivity index (χ3n) is 2.59. The number of hydrogen-bond acceptors (Lipinski definition) is 1. The fourth-order valence-corrected chi connectivity index (χ4v) is 2.53. The smallest absolute Gasteiger partial charge is 0.131 e. The quantitative estimate of drug-likeness (QED) is 0.775. The second kappa shape index (κ2) is 5.50. The predicted molar refractivity (Wildman–Crippen MR) is 76.6 cm³/mol. The maximum Gasteiger partial charge on any atom is 0.131 e. The van der Waals surface area contributed by atoms with E-state index in [1.54, 1.807) is 18.2 Å². The van der Waals surface area contributed by atoms with Gasteiger partial charge in [0.1, 0.15) is 11.6 Å². The standard InChI is InChI=1S/C13H9ClF2IN/c14-7-1-4-12(17)10(5-7)13(18)9-3-2-8(15)6-11(9)16/h1-6,13H,18H2. The van der Waals surface area contributed by atoms with Crippen molar-refractivity contribution in [3.8, 4) is 0 Å². The minimum Gasteiger partial charge on any atom is -0.320 e. The maximum absolute atomic E-state index is 13.7. The van der Waals surface area contributed by atoms with Crippen LogP contribution in [0.5, 0.6) is 0 Å². The van der Waals surface area contributed by atoms with E-state index in [1.165, 1.54) is 12.1 Å². The lowest BCUT2D eigenvalue weighted by Crippen LogP contribution is -2.15. The Morgan fingerprint density at radius 1 is 1.06 bits per heavy atom. The van der Waals surface area contributed by atoms with Gasteiger partial charge in [-0.2, -0.15) is 0 Å². The first-order chi connectivity index (χ1) is 8.49. The van der Waals surface area contributed by atoms with Crippen molar-refractivity contribution in [3.05, 3.63) is 67.8 Å². The van der Waals surface area contributed by atoms with Crippen LogP contribution < -0.4 is 5.73 Å². The van der Waals surface area contributed by atoms with E-state index >= 15 is 0 Å². The van der Waals surface area contributed by atoms with E-state index < -0.39 is 17.7 Å². The van der Waals surface area contributed by atoms with Crippen LogP contribution >= 0.6 is 34.2 Å². The summed E-state index contributed by atoms with van der Waals surface area (Å²) in [6, 6.07) is 7.93. The molecule has 0 aliphatic heterocycles. The van der Waals surface area contributed by atoms with Crippen molar-refractivity contribution in [1.29, 1.82) is 0 Å². The summed E-state index contributed by atoms with van der Waals surface area (Å²) in [4.78, 5) is 0. The summed E-state index contributed by atoms with van der Waals surface area (Å²) >= 11 is 8.00. The zero-order valence-electron chi connectivity index (χ0n) is 9.13. The van der Waals surface area contributed by atoms with Gasteiger partial charge in [-0.05, 0) is 52.4 Å². The highest BCUT2D eigenvalue weighted by Gasteiger charge is 2.16. The average Bonchev–Trinajstić information content (AvgIpc) is 2.31. The van der Waals surface area contributed by atoms with Crippen LogP contribution in [0.1, 0.15) is 17.2 Å². The van der Waals surface area contributed by atoms with Gasteiger partial charge in [0.05, 0.1) is 6.04 Å². The van der Waals surface area contributed by atoms with Crippen molar-refractivity contribution in [3.63, 3.8) is 0 Å². The van der Waals surface area contributed by atoms with Crippen LogP contribution in [0, 0.1) is 15.2 Å². The van der Waals surface area contributed by atoms with Crippen LogP contribution in [0.4, 0.5) is 8.78 Å². The Balaban J connectivity index is 2.47. The highest BCUT2D eigenvalue weighted by atomic mass is 127. The maximum atomic E-state index is 13.7. The molecule has 0 saturated carbocycles. The highest BCUT2D eigenvalue weighted by molar-refractivity contribution is 14.1. The lowest BCUT2D eigenvalue weighted by molar-refractivity contribution is 0.565. The van der Waals surface area contributed by atoms with E-state index in [2.05, 4.69) is 22.6 Å². The van der Waals surface area contributed by atoms with Gasteiger partial charge < -0.3 is 5.73 Å². The van der Waals surface area contributed by atoms with Crippen molar-refractivity contribution in [2.45, 2.75) is 6.04 Å². The molecule has 0 heterocycles. The Labute approximate surface area is 122 Å². The molecule has 2 aromatic rings. The third kappa shape index (κ3) is 2.81. The predicted octanol–water partition coefficient (Wildman–Crippen LogP) is 4.27. The van der Waals surface area contributed by atoms with Gasteiger partial charge in [0, 0.05) is 20.2 Å². The van der Waals surface area contributed by atoms with E-state index in [0.717, 1.165) is 9.64 Å². The Bertz CT molecular complexity index is 589. The Hall–Kier alpha value is -0.720. The van der Waals surface area contributed by atoms with Gasteiger partial charge in [0.2, 0.25) is 0 Å². The van der Waals surface area contributed by atoms with Crippen LogP contribution in [0.3, 0.4) is 0 Å². The van der Waals surface area contributed by atoms with Gasteiger partial charge in [0.15, 0.2) is 0 Å². The Kier molecular flexibility index (Phi) is 4.19. The van der Waals surface area contributed by atoms with Crippen LogP contribution in [-0.2, 0) is 0 Å². The molecule has 94 valence electrons. The van der Waals surface area contributed by atoms with Crippen molar-refractivity contribution < 1.29 is 8.78 Å². The van der Waals surface area contributed by atoms with E-state index in [0.29, 0.717) is 10.6 Å². The van der Waals surface area contributed by atoms with Crippen LogP contribution in [0.2, 0.25) is 5.02 Å². The number of halogens is 4. The summed E-state index contributed by atoms with van der Waals surface area (Å²) in [6.45, 7) is 0. The summed E-state index contributed by atoms with van der Waals surface area (Å²) in [5.74, 6) is -1.28. The summed E-state index contributed by atoms with van der Waals surface area (Å²) in [5.41, 5.74) is 6.97. The molecular formula is C13H9ClF2IN. The zero-order chi connectivity index (χ0) is 13.3. The highest BCUT2D eigenvalue weighted by Crippen LogP contribution is 2.28. The molecule has 0 bridgehead atoms. The number of hydrogen-bond donors (Lipinski definition) is 1. The molecule has 1 unspecified atom stereocenters. The lowest BCUT2D eigenvalue weighted by atomic mass is 9.99. The molecule has 0 amide bonds. The molecule has 0 fully saturated rings. The summed E-state index contributed by atoms with van der Waals surface area (Å²) in [6.07, 6.45) is 0. The van der Waals surface area contributed by atoms with Crippen LogP contribution in [0.25, 0.3) is 0 Å².